The standard InChI is InChI=1S/C12H18N2O3S/c1-8(10-6-5-7-18-10)13(3)12(17)14(4)9(2)11(15)16/h5-9H,1-4H3,(H,15,16). The van der Waals surface area contributed by atoms with Crippen LogP contribution in [0.2, 0.25) is 0 Å². The zero-order valence-corrected chi connectivity index (χ0v) is 11.8. The molecule has 1 N–H and O–H groups in total. The highest BCUT2D eigenvalue weighted by molar-refractivity contribution is 7.10. The summed E-state index contributed by atoms with van der Waals surface area (Å²) in [5.41, 5.74) is 0. The molecular formula is C12H18N2O3S. The van der Waals surface area contributed by atoms with Crippen molar-refractivity contribution in [3.05, 3.63) is 22.4 Å². The van der Waals surface area contributed by atoms with Gasteiger partial charge in [-0.2, -0.15) is 0 Å². The Labute approximate surface area is 111 Å². The van der Waals surface area contributed by atoms with Crippen LogP contribution >= 0.6 is 11.3 Å². The molecule has 0 bridgehead atoms. The van der Waals surface area contributed by atoms with Crippen molar-refractivity contribution in [3.8, 4) is 0 Å². The normalized spacial score (nSPS) is 13.8. The van der Waals surface area contributed by atoms with E-state index in [-0.39, 0.29) is 12.1 Å². The number of carboxylic acids is 1. The second kappa shape index (κ2) is 5.86. The van der Waals surface area contributed by atoms with Crippen LogP contribution in [0.25, 0.3) is 0 Å². The summed E-state index contributed by atoms with van der Waals surface area (Å²) in [6.07, 6.45) is 0. The number of amides is 2. The third kappa shape index (κ3) is 3.01. The van der Waals surface area contributed by atoms with Crippen molar-refractivity contribution in [1.29, 1.82) is 0 Å². The molecule has 0 radical (unpaired) electrons. The van der Waals surface area contributed by atoms with Gasteiger partial charge in [0, 0.05) is 19.0 Å². The molecule has 0 fully saturated rings. The van der Waals surface area contributed by atoms with Gasteiger partial charge in [0.15, 0.2) is 0 Å². The quantitative estimate of drug-likeness (QED) is 0.913. The summed E-state index contributed by atoms with van der Waals surface area (Å²) in [6, 6.07) is 2.68. The molecule has 1 aromatic heterocycles. The molecule has 1 heterocycles. The van der Waals surface area contributed by atoms with Crippen LogP contribution in [-0.2, 0) is 4.79 Å². The van der Waals surface area contributed by atoms with Crippen molar-refractivity contribution >= 4 is 23.3 Å². The zero-order chi connectivity index (χ0) is 13.9. The number of carbonyl (C=O) groups is 2. The summed E-state index contributed by atoms with van der Waals surface area (Å²) in [7, 11) is 3.18. The zero-order valence-electron chi connectivity index (χ0n) is 11.0. The number of nitrogens with zero attached hydrogens (tertiary/aromatic N) is 2. The van der Waals surface area contributed by atoms with Crippen molar-refractivity contribution in [2.45, 2.75) is 25.9 Å². The number of likely N-dealkylation sites (N-methyl/N-ethyl adjacent to an activating group) is 1. The largest absolute Gasteiger partial charge is 0.480 e. The number of carbonyl (C=O) groups excluding carboxylic acids is 1. The van der Waals surface area contributed by atoms with E-state index in [9.17, 15) is 9.59 Å². The van der Waals surface area contributed by atoms with Crippen LogP contribution in [0.4, 0.5) is 4.79 Å². The van der Waals surface area contributed by atoms with E-state index in [0.717, 1.165) is 4.88 Å². The number of urea groups is 1. The van der Waals surface area contributed by atoms with Crippen LogP contribution < -0.4 is 0 Å². The summed E-state index contributed by atoms with van der Waals surface area (Å²) in [5, 5.41) is 10.8. The van der Waals surface area contributed by atoms with Gasteiger partial charge >= 0.3 is 12.0 Å². The van der Waals surface area contributed by atoms with Gasteiger partial charge in [-0.05, 0) is 25.3 Å². The van der Waals surface area contributed by atoms with Gasteiger partial charge < -0.3 is 14.9 Å². The van der Waals surface area contributed by atoms with E-state index in [4.69, 9.17) is 5.11 Å². The van der Waals surface area contributed by atoms with E-state index in [1.165, 1.54) is 18.9 Å². The summed E-state index contributed by atoms with van der Waals surface area (Å²) < 4.78 is 0. The monoisotopic (exact) mass is 270 g/mol. The Kier molecular flexibility index (Phi) is 4.72. The smallest absolute Gasteiger partial charge is 0.326 e. The van der Waals surface area contributed by atoms with Crippen LogP contribution in [-0.4, -0.2) is 47.0 Å². The maximum atomic E-state index is 12.1. The Balaban J connectivity index is 2.75. The van der Waals surface area contributed by atoms with Gasteiger partial charge in [0.1, 0.15) is 6.04 Å². The lowest BCUT2D eigenvalue weighted by atomic mass is 10.2. The van der Waals surface area contributed by atoms with Gasteiger partial charge in [0.25, 0.3) is 0 Å². The lowest BCUT2D eigenvalue weighted by Gasteiger charge is -2.31. The van der Waals surface area contributed by atoms with Gasteiger partial charge in [-0.25, -0.2) is 9.59 Å². The molecule has 100 valence electrons. The lowest BCUT2D eigenvalue weighted by Crippen LogP contribution is -2.47. The third-order valence-electron chi connectivity index (χ3n) is 3.08. The first kappa shape index (κ1) is 14.5. The highest BCUT2D eigenvalue weighted by Crippen LogP contribution is 2.24. The fourth-order valence-corrected chi connectivity index (χ4v) is 2.29. The first-order valence-electron chi connectivity index (χ1n) is 5.62. The SMILES string of the molecule is CC(C(=O)O)N(C)C(=O)N(C)C(C)c1cccs1. The molecule has 0 saturated carbocycles. The molecular weight excluding hydrogens is 252 g/mol. The van der Waals surface area contributed by atoms with Crippen molar-refractivity contribution in [2.24, 2.45) is 0 Å². The van der Waals surface area contributed by atoms with Crippen LogP contribution in [0, 0.1) is 0 Å². The highest BCUT2D eigenvalue weighted by atomic mass is 32.1. The topological polar surface area (TPSA) is 60.9 Å². The molecule has 0 aliphatic heterocycles. The molecule has 5 nitrogen and oxygen atoms in total. The molecule has 2 unspecified atom stereocenters. The molecule has 1 rings (SSSR count). The third-order valence-corrected chi connectivity index (χ3v) is 4.12. The summed E-state index contributed by atoms with van der Waals surface area (Å²) in [6.45, 7) is 3.41. The van der Waals surface area contributed by atoms with E-state index in [2.05, 4.69) is 0 Å². The number of thiophene rings is 1. The minimum absolute atomic E-state index is 0.0686. The second-order valence-electron chi connectivity index (χ2n) is 4.21. The molecule has 0 aromatic carbocycles. The molecule has 0 aliphatic carbocycles. The summed E-state index contributed by atoms with van der Waals surface area (Å²) in [5.74, 6) is -1.01. The second-order valence-corrected chi connectivity index (χ2v) is 5.19. The number of hydrogen-bond acceptors (Lipinski definition) is 3. The number of rotatable bonds is 4. The van der Waals surface area contributed by atoms with Crippen LogP contribution in [0.1, 0.15) is 24.8 Å². The van der Waals surface area contributed by atoms with Crippen molar-refractivity contribution in [3.63, 3.8) is 0 Å². The van der Waals surface area contributed by atoms with Crippen molar-refractivity contribution in [1.82, 2.24) is 9.80 Å². The Morgan fingerprint density at radius 2 is 1.89 bits per heavy atom. The molecule has 6 heteroatoms. The average Bonchev–Trinajstić information content (AvgIpc) is 2.87. The van der Waals surface area contributed by atoms with Gasteiger partial charge in [-0.1, -0.05) is 6.07 Å². The lowest BCUT2D eigenvalue weighted by molar-refractivity contribution is -0.141. The van der Waals surface area contributed by atoms with E-state index in [0.29, 0.717) is 0 Å². The van der Waals surface area contributed by atoms with Gasteiger partial charge in [0.05, 0.1) is 6.04 Å². The Morgan fingerprint density at radius 1 is 1.28 bits per heavy atom. The van der Waals surface area contributed by atoms with E-state index in [1.54, 1.807) is 23.3 Å². The van der Waals surface area contributed by atoms with Crippen molar-refractivity contribution < 1.29 is 14.7 Å². The van der Waals surface area contributed by atoms with Crippen LogP contribution in [0.5, 0.6) is 0 Å². The van der Waals surface area contributed by atoms with Crippen molar-refractivity contribution in [2.75, 3.05) is 14.1 Å². The fraction of sp³-hybridized carbons (Fsp3) is 0.500. The van der Waals surface area contributed by atoms with Gasteiger partial charge in [-0.3, -0.25) is 0 Å². The first-order valence-corrected chi connectivity index (χ1v) is 6.50. The molecule has 2 amide bonds. The van der Waals surface area contributed by atoms with Crippen LogP contribution in [0.3, 0.4) is 0 Å². The minimum atomic E-state index is -1.01. The van der Waals surface area contributed by atoms with E-state index >= 15 is 0 Å². The number of carboxylic acid groups (broad SMARTS) is 1. The van der Waals surface area contributed by atoms with Crippen LogP contribution in [0.15, 0.2) is 17.5 Å². The summed E-state index contributed by atoms with van der Waals surface area (Å²) >= 11 is 1.57. The predicted octanol–water partition coefficient (Wildman–Crippen LogP) is 2.27. The molecule has 18 heavy (non-hydrogen) atoms. The highest BCUT2D eigenvalue weighted by Gasteiger charge is 2.27. The fourth-order valence-electron chi connectivity index (χ4n) is 1.47. The molecule has 0 spiro atoms. The minimum Gasteiger partial charge on any atom is -0.480 e. The Bertz CT molecular complexity index is 419. The molecule has 0 aliphatic rings. The Morgan fingerprint density at radius 3 is 2.33 bits per heavy atom. The average molecular weight is 270 g/mol. The first-order chi connectivity index (χ1) is 8.36. The number of aliphatic carboxylic acids is 1. The van der Waals surface area contributed by atoms with E-state index < -0.39 is 12.0 Å². The summed E-state index contributed by atoms with van der Waals surface area (Å²) in [4.78, 5) is 26.8. The maximum absolute atomic E-state index is 12.1. The number of hydrogen-bond donors (Lipinski definition) is 1. The van der Waals surface area contributed by atoms with Gasteiger partial charge in [0.2, 0.25) is 0 Å². The predicted molar refractivity (Wildman–Crippen MR) is 70.8 cm³/mol. The molecule has 2 atom stereocenters. The molecule has 0 saturated heterocycles. The maximum Gasteiger partial charge on any atom is 0.326 e. The Hall–Kier alpha value is -1.56. The molecule has 1 aromatic rings. The van der Waals surface area contributed by atoms with E-state index in [1.807, 2.05) is 24.4 Å². The van der Waals surface area contributed by atoms with Gasteiger partial charge in [-0.15, -0.1) is 11.3 Å².